The summed E-state index contributed by atoms with van der Waals surface area (Å²) in [5.41, 5.74) is 0.429. The van der Waals surface area contributed by atoms with Gasteiger partial charge < -0.3 is 10.0 Å². The molecule has 1 aliphatic rings. The Hall–Kier alpha value is -1.58. The van der Waals surface area contributed by atoms with Crippen LogP contribution in [0.4, 0.5) is 0 Å². The molecule has 1 aliphatic heterocycles. The summed E-state index contributed by atoms with van der Waals surface area (Å²) >= 11 is 0. The second kappa shape index (κ2) is 3.01. The minimum Gasteiger partial charge on any atom is -0.491 e. The van der Waals surface area contributed by atoms with Crippen molar-refractivity contribution >= 4 is 0 Å². The molecule has 1 rings (SSSR count). The topological polar surface area (TPSA) is 52.9 Å². The molecule has 4 nitrogen and oxygen atoms in total. The van der Waals surface area contributed by atoms with Crippen molar-refractivity contribution in [3.8, 4) is 0 Å². The second-order valence-corrected chi connectivity index (χ2v) is 2.17. The maximum Gasteiger partial charge on any atom is 0.260 e. The lowest BCUT2D eigenvalue weighted by molar-refractivity contribution is 0.401. The number of nitrogens with zero attached hydrogens (tertiary/aromatic N) is 2. The molecular formula is C7H8N2O2. The van der Waals surface area contributed by atoms with Crippen molar-refractivity contribution in [1.82, 2.24) is 4.90 Å². The first-order chi connectivity index (χ1) is 5.24. The van der Waals surface area contributed by atoms with Crippen LogP contribution in [-0.4, -0.2) is 17.1 Å². The van der Waals surface area contributed by atoms with E-state index in [2.05, 4.69) is 5.18 Å². The van der Waals surface area contributed by atoms with Crippen LogP contribution in [0.3, 0.4) is 0 Å². The largest absolute Gasteiger partial charge is 0.491 e. The summed E-state index contributed by atoms with van der Waals surface area (Å²) in [5.74, 6) is -0.481. The maximum atomic E-state index is 9.85. The first-order valence-electron chi connectivity index (χ1n) is 3.09. The van der Waals surface area contributed by atoms with E-state index < -0.39 is 5.88 Å². The number of hydrogen-bond donors (Lipinski definition) is 1. The quantitative estimate of drug-likeness (QED) is 0.457. The number of allylic oxidation sites excluding steroid dienone is 3. The van der Waals surface area contributed by atoms with E-state index in [9.17, 15) is 4.91 Å². The lowest BCUT2D eigenvalue weighted by atomic mass is 10.2. The first-order valence-corrected chi connectivity index (χ1v) is 3.09. The van der Waals surface area contributed by atoms with Gasteiger partial charge in [0.05, 0.1) is 0 Å². The van der Waals surface area contributed by atoms with Crippen LogP contribution in [0, 0.1) is 4.91 Å². The van der Waals surface area contributed by atoms with E-state index in [4.69, 9.17) is 5.11 Å². The Labute approximate surface area is 64.1 Å². The molecule has 0 atom stereocenters. The van der Waals surface area contributed by atoms with Crippen LogP contribution in [0.5, 0.6) is 0 Å². The van der Waals surface area contributed by atoms with Crippen LogP contribution in [0.1, 0.15) is 0 Å². The highest BCUT2D eigenvalue weighted by atomic mass is 16.3. The smallest absolute Gasteiger partial charge is 0.260 e. The van der Waals surface area contributed by atoms with Gasteiger partial charge in [0, 0.05) is 30.2 Å². The molecule has 0 bridgehead atoms. The van der Waals surface area contributed by atoms with Crippen LogP contribution in [-0.2, 0) is 0 Å². The fraction of sp³-hybridized carbons (Fsp3) is 0.143. The highest BCUT2D eigenvalue weighted by molar-refractivity contribution is 5.35. The molecule has 0 aliphatic carbocycles. The van der Waals surface area contributed by atoms with E-state index in [0.29, 0.717) is 5.57 Å². The Balaban J connectivity index is 2.87. The van der Waals surface area contributed by atoms with E-state index in [1.54, 1.807) is 29.5 Å². The molecule has 0 aromatic rings. The minimum atomic E-state index is -0.481. The normalized spacial score (nSPS) is 15.4. The first kappa shape index (κ1) is 7.53. The van der Waals surface area contributed by atoms with Gasteiger partial charge >= 0.3 is 0 Å². The van der Waals surface area contributed by atoms with Gasteiger partial charge in [-0.3, -0.25) is 0 Å². The molecule has 58 valence electrons. The van der Waals surface area contributed by atoms with E-state index in [-0.39, 0.29) is 0 Å². The molecule has 4 heteroatoms. The monoisotopic (exact) mass is 152 g/mol. The zero-order valence-corrected chi connectivity index (χ0v) is 6.06. The fourth-order valence-corrected chi connectivity index (χ4v) is 0.703. The summed E-state index contributed by atoms with van der Waals surface area (Å²) in [5, 5.41) is 11.2. The van der Waals surface area contributed by atoms with Crippen LogP contribution >= 0.6 is 0 Å². The van der Waals surface area contributed by atoms with Gasteiger partial charge in [-0.25, -0.2) is 0 Å². The molecule has 0 amide bonds. The summed E-state index contributed by atoms with van der Waals surface area (Å²) < 4.78 is 0. The molecule has 0 saturated heterocycles. The van der Waals surface area contributed by atoms with Crippen molar-refractivity contribution in [3.05, 3.63) is 40.9 Å². The Morgan fingerprint density at radius 3 is 2.55 bits per heavy atom. The molecule has 0 aromatic carbocycles. The zero-order valence-electron chi connectivity index (χ0n) is 6.06. The Morgan fingerprint density at radius 1 is 1.55 bits per heavy atom. The van der Waals surface area contributed by atoms with Crippen LogP contribution in [0.2, 0.25) is 0 Å². The Bertz CT molecular complexity index is 237. The van der Waals surface area contributed by atoms with Crippen molar-refractivity contribution in [2.75, 3.05) is 7.05 Å². The Kier molecular flexibility index (Phi) is 2.06. The van der Waals surface area contributed by atoms with Crippen molar-refractivity contribution in [1.29, 1.82) is 0 Å². The fourth-order valence-electron chi connectivity index (χ4n) is 0.703. The lowest BCUT2D eigenvalue weighted by Crippen LogP contribution is -2.03. The number of hydrogen-bond acceptors (Lipinski definition) is 4. The number of nitroso groups, excluding NO2 is 1. The van der Waals surface area contributed by atoms with Gasteiger partial charge in [0.25, 0.3) is 5.88 Å². The van der Waals surface area contributed by atoms with Crippen LogP contribution in [0.15, 0.2) is 41.2 Å². The number of rotatable bonds is 1. The van der Waals surface area contributed by atoms with Gasteiger partial charge in [-0.15, -0.1) is 4.91 Å². The third-order valence-electron chi connectivity index (χ3n) is 1.32. The van der Waals surface area contributed by atoms with E-state index in [1.165, 1.54) is 0 Å². The molecule has 1 heterocycles. The summed E-state index contributed by atoms with van der Waals surface area (Å²) in [7, 11) is 1.84. The average molecular weight is 152 g/mol. The lowest BCUT2D eigenvalue weighted by Gasteiger charge is -2.10. The highest BCUT2D eigenvalue weighted by Crippen LogP contribution is 2.11. The molecule has 0 unspecified atom stereocenters. The maximum absolute atomic E-state index is 9.85. The molecule has 0 saturated carbocycles. The minimum absolute atomic E-state index is 0.429. The highest BCUT2D eigenvalue weighted by Gasteiger charge is 2.02. The predicted molar refractivity (Wildman–Crippen MR) is 41.5 cm³/mol. The molecule has 0 aromatic heterocycles. The van der Waals surface area contributed by atoms with Crippen molar-refractivity contribution in [2.24, 2.45) is 5.18 Å². The third-order valence-corrected chi connectivity index (χ3v) is 1.32. The molecule has 0 spiro atoms. The molecule has 0 radical (unpaired) electrons. The van der Waals surface area contributed by atoms with Crippen molar-refractivity contribution < 1.29 is 5.11 Å². The summed E-state index contributed by atoms with van der Waals surface area (Å²) in [6, 6.07) is 0. The molecular weight excluding hydrogens is 144 g/mol. The number of aliphatic hydroxyl groups is 1. The predicted octanol–water partition coefficient (Wildman–Crippen LogP) is 1.50. The zero-order chi connectivity index (χ0) is 8.27. The molecule has 0 fully saturated rings. The van der Waals surface area contributed by atoms with Crippen LogP contribution < -0.4 is 0 Å². The van der Waals surface area contributed by atoms with Crippen molar-refractivity contribution in [2.45, 2.75) is 0 Å². The number of aliphatic hydroxyl groups excluding tert-OH is 1. The van der Waals surface area contributed by atoms with Gasteiger partial charge in [0.15, 0.2) is 0 Å². The van der Waals surface area contributed by atoms with Crippen molar-refractivity contribution in [3.63, 3.8) is 0 Å². The van der Waals surface area contributed by atoms with Gasteiger partial charge in [-0.2, -0.15) is 0 Å². The Morgan fingerprint density at radius 2 is 2.09 bits per heavy atom. The van der Waals surface area contributed by atoms with E-state index in [0.717, 1.165) is 0 Å². The summed E-state index contributed by atoms with van der Waals surface area (Å²) in [4.78, 5) is 11.6. The van der Waals surface area contributed by atoms with Gasteiger partial charge in [-0.1, -0.05) is 0 Å². The molecule has 11 heavy (non-hydrogen) atoms. The molecule has 1 N–H and O–H groups in total. The van der Waals surface area contributed by atoms with E-state index in [1.807, 2.05) is 7.05 Å². The summed E-state index contributed by atoms with van der Waals surface area (Å²) in [6.45, 7) is 0. The van der Waals surface area contributed by atoms with E-state index >= 15 is 0 Å². The van der Waals surface area contributed by atoms with Gasteiger partial charge in [0.1, 0.15) is 0 Å². The second-order valence-electron chi connectivity index (χ2n) is 2.17. The third kappa shape index (κ3) is 1.67. The van der Waals surface area contributed by atoms with Gasteiger partial charge in [0.2, 0.25) is 0 Å². The SMILES string of the molecule is CN1C=CC(=C(O)N=O)C=C1. The standard InChI is InChI=1S/C7H8N2O2/c1-9-4-2-6(3-5-9)7(10)8-11/h2-5,10H,1H3. The average Bonchev–Trinajstić information content (AvgIpc) is 2.05. The van der Waals surface area contributed by atoms with Crippen LogP contribution in [0.25, 0.3) is 0 Å². The summed E-state index contributed by atoms with van der Waals surface area (Å²) in [6.07, 6.45) is 6.65. The van der Waals surface area contributed by atoms with Gasteiger partial charge in [-0.05, 0) is 12.2 Å².